The van der Waals surface area contributed by atoms with E-state index < -0.39 is 7.12 Å². The van der Waals surface area contributed by atoms with Gasteiger partial charge in [-0.15, -0.1) is 0 Å². The number of fused-ring (bicyclic) bond motifs is 1. The molecule has 0 atom stereocenters. The van der Waals surface area contributed by atoms with Crippen molar-refractivity contribution >= 4 is 12.9 Å². The maximum Gasteiger partial charge on any atom is 0.522 e. The molecule has 2 heterocycles. The molecule has 0 aliphatic carbocycles. The highest BCUT2D eigenvalue weighted by Crippen LogP contribution is 2.29. The lowest BCUT2D eigenvalue weighted by molar-refractivity contribution is 0.101. The first-order chi connectivity index (χ1) is 6.68. The van der Waals surface area contributed by atoms with Crippen LogP contribution in [-0.2, 0) is 6.42 Å². The number of hydrogen-bond donors (Lipinski definition) is 1. The van der Waals surface area contributed by atoms with E-state index in [0.717, 1.165) is 5.56 Å². The van der Waals surface area contributed by atoms with Crippen molar-refractivity contribution < 1.29 is 14.5 Å². The molecule has 1 N–H and O–H groups in total. The van der Waals surface area contributed by atoms with Gasteiger partial charge in [0.1, 0.15) is 5.75 Å². The lowest BCUT2D eigenvalue weighted by Crippen LogP contribution is -2.27. The van der Waals surface area contributed by atoms with Crippen LogP contribution in [0.4, 0.5) is 0 Å². The molecule has 14 heavy (non-hydrogen) atoms. The highest BCUT2D eigenvalue weighted by atomic mass is 16.5. The van der Waals surface area contributed by atoms with E-state index in [0.29, 0.717) is 24.1 Å². The first-order valence-electron chi connectivity index (χ1n) is 4.51. The summed E-state index contributed by atoms with van der Waals surface area (Å²) < 4.78 is 5.22. The standard InChI is InChI=1S/C9H10BNO3/c1-6(12)8-5-11-4-7-2-3-10(13)14-9(7)8/h4-5,13H,2-3H2,1H3. The SMILES string of the molecule is CC(=O)c1cncc2c1OB(O)CC2. The van der Waals surface area contributed by atoms with E-state index in [1.807, 2.05) is 0 Å². The fourth-order valence-corrected chi connectivity index (χ4v) is 1.53. The zero-order chi connectivity index (χ0) is 10.1. The van der Waals surface area contributed by atoms with E-state index in [2.05, 4.69) is 4.98 Å². The van der Waals surface area contributed by atoms with Gasteiger partial charge < -0.3 is 9.68 Å². The summed E-state index contributed by atoms with van der Waals surface area (Å²) in [5, 5.41) is 9.31. The molecular weight excluding hydrogens is 181 g/mol. The van der Waals surface area contributed by atoms with Crippen LogP contribution in [-0.4, -0.2) is 22.9 Å². The van der Waals surface area contributed by atoms with Crippen LogP contribution in [0.3, 0.4) is 0 Å². The summed E-state index contributed by atoms with van der Waals surface area (Å²) >= 11 is 0. The molecule has 1 aliphatic heterocycles. The number of aromatic nitrogens is 1. The minimum Gasteiger partial charge on any atom is -0.535 e. The number of carbonyl (C=O) groups excluding carboxylic acids is 1. The zero-order valence-corrected chi connectivity index (χ0v) is 7.86. The number of rotatable bonds is 1. The monoisotopic (exact) mass is 191 g/mol. The Hall–Kier alpha value is -1.36. The van der Waals surface area contributed by atoms with Crippen molar-refractivity contribution in [3.05, 3.63) is 23.5 Å². The molecule has 0 fully saturated rings. The minimum absolute atomic E-state index is 0.0940. The van der Waals surface area contributed by atoms with E-state index >= 15 is 0 Å². The summed E-state index contributed by atoms with van der Waals surface area (Å²) in [4.78, 5) is 15.2. The lowest BCUT2D eigenvalue weighted by Gasteiger charge is -2.20. The largest absolute Gasteiger partial charge is 0.535 e. The number of aryl methyl sites for hydroxylation is 1. The Kier molecular flexibility index (Phi) is 2.25. The van der Waals surface area contributed by atoms with Crippen molar-refractivity contribution in [3.8, 4) is 5.75 Å². The number of pyridine rings is 1. The summed E-state index contributed by atoms with van der Waals surface area (Å²) in [5.41, 5.74) is 1.34. The van der Waals surface area contributed by atoms with Gasteiger partial charge in [-0.25, -0.2) is 0 Å². The molecule has 0 radical (unpaired) electrons. The Labute approximate surface area is 82.1 Å². The van der Waals surface area contributed by atoms with Crippen molar-refractivity contribution in [3.63, 3.8) is 0 Å². The van der Waals surface area contributed by atoms with Gasteiger partial charge in [0.25, 0.3) is 0 Å². The van der Waals surface area contributed by atoms with Gasteiger partial charge in [-0.1, -0.05) is 0 Å². The Morgan fingerprint density at radius 3 is 3.14 bits per heavy atom. The minimum atomic E-state index is -0.803. The Balaban J connectivity index is 2.48. The summed E-state index contributed by atoms with van der Waals surface area (Å²) in [6, 6.07) is 0. The summed E-state index contributed by atoms with van der Waals surface area (Å²) in [5.74, 6) is 0.398. The third kappa shape index (κ3) is 1.51. The molecule has 2 rings (SSSR count). The smallest absolute Gasteiger partial charge is 0.522 e. The van der Waals surface area contributed by atoms with Crippen LogP contribution < -0.4 is 4.65 Å². The quantitative estimate of drug-likeness (QED) is 0.524. The van der Waals surface area contributed by atoms with Crippen molar-refractivity contribution in [1.82, 2.24) is 4.98 Å². The van der Waals surface area contributed by atoms with Crippen LogP contribution in [0.1, 0.15) is 22.8 Å². The van der Waals surface area contributed by atoms with Gasteiger partial charge in [0.15, 0.2) is 5.78 Å². The molecule has 4 nitrogen and oxygen atoms in total. The van der Waals surface area contributed by atoms with Gasteiger partial charge in [-0.05, 0) is 19.7 Å². The van der Waals surface area contributed by atoms with Gasteiger partial charge in [-0.3, -0.25) is 9.78 Å². The van der Waals surface area contributed by atoms with Crippen molar-refractivity contribution in [2.24, 2.45) is 0 Å². The zero-order valence-electron chi connectivity index (χ0n) is 7.86. The molecule has 5 heteroatoms. The van der Waals surface area contributed by atoms with Gasteiger partial charge in [0.05, 0.1) is 5.56 Å². The van der Waals surface area contributed by atoms with E-state index in [1.54, 1.807) is 6.20 Å². The van der Waals surface area contributed by atoms with E-state index in [4.69, 9.17) is 4.65 Å². The van der Waals surface area contributed by atoms with Crippen molar-refractivity contribution in [1.29, 1.82) is 0 Å². The molecule has 0 saturated carbocycles. The number of hydrogen-bond acceptors (Lipinski definition) is 4. The Morgan fingerprint density at radius 1 is 1.64 bits per heavy atom. The number of ketones is 1. The van der Waals surface area contributed by atoms with E-state index in [1.165, 1.54) is 13.1 Å². The Bertz CT molecular complexity index is 380. The molecule has 0 bridgehead atoms. The third-order valence-corrected chi connectivity index (χ3v) is 2.26. The molecule has 72 valence electrons. The number of nitrogens with zero attached hydrogens (tertiary/aromatic N) is 1. The third-order valence-electron chi connectivity index (χ3n) is 2.26. The average Bonchev–Trinajstić information content (AvgIpc) is 2.16. The molecular formula is C9H10BNO3. The maximum atomic E-state index is 11.2. The van der Waals surface area contributed by atoms with Crippen LogP contribution in [0.15, 0.2) is 12.4 Å². The molecule has 0 unspecified atom stereocenters. The van der Waals surface area contributed by atoms with Crippen LogP contribution in [0.5, 0.6) is 5.75 Å². The maximum absolute atomic E-state index is 11.2. The second-order valence-corrected chi connectivity index (χ2v) is 3.34. The second kappa shape index (κ2) is 3.42. The molecule has 0 spiro atoms. The average molecular weight is 191 g/mol. The molecule has 1 aliphatic rings. The highest BCUT2D eigenvalue weighted by molar-refractivity contribution is 6.44. The molecule has 1 aromatic rings. The van der Waals surface area contributed by atoms with Crippen LogP contribution in [0, 0.1) is 0 Å². The highest BCUT2D eigenvalue weighted by Gasteiger charge is 2.26. The van der Waals surface area contributed by atoms with Gasteiger partial charge >= 0.3 is 7.12 Å². The lowest BCUT2D eigenvalue weighted by atomic mass is 9.78. The van der Waals surface area contributed by atoms with Gasteiger partial charge in [0.2, 0.25) is 0 Å². The van der Waals surface area contributed by atoms with Crippen LogP contribution in [0.25, 0.3) is 0 Å². The van der Waals surface area contributed by atoms with Gasteiger partial charge in [-0.2, -0.15) is 0 Å². The van der Waals surface area contributed by atoms with E-state index in [9.17, 15) is 9.82 Å². The van der Waals surface area contributed by atoms with Crippen molar-refractivity contribution in [2.75, 3.05) is 0 Å². The fourth-order valence-electron chi connectivity index (χ4n) is 1.53. The fraction of sp³-hybridized carbons (Fsp3) is 0.333. The molecule has 0 amide bonds. The Morgan fingerprint density at radius 2 is 2.43 bits per heavy atom. The van der Waals surface area contributed by atoms with E-state index in [-0.39, 0.29) is 5.78 Å². The summed E-state index contributed by atoms with van der Waals surface area (Å²) in [7, 11) is -0.803. The normalized spacial score (nSPS) is 14.6. The predicted octanol–water partition coefficient (Wildman–Crippen LogP) is 0.700. The molecule has 0 saturated heterocycles. The number of carbonyl (C=O) groups is 1. The summed E-state index contributed by atoms with van der Waals surface area (Å²) in [6.07, 6.45) is 4.40. The predicted molar refractivity (Wildman–Crippen MR) is 51.4 cm³/mol. The van der Waals surface area contributed by atoms with Crippen LogP contribution >= 0.6 is 0 Å². The van der Waals surface area contributed by atoms with Gasteiger partial charge in [0, 0.05) is 18.0 Å². The topological polar surface area (TPSA) is 59.4 Å². The molecule has 0 aromatic carbocycles. The summed E-state index contributed by atoms with van der Waals surface area (Å²) in [6.45, 7) is 1.46. The van der Waals surface area contributed by atoms with Crippen molar-refractivity contribution in [2.45, 2.75) is 19.7 Å². The second-order valence-electron chi connectivity index (χ2n) is 3.34. The van der Waals surface area contributed by atoms with Crippen LogP contribution in [0.2, 0.25) is 6.32 Å². The number of Topliss-reactive ketones (excluding diaryl/α,β-unsaturated/α-hetero) is 1. The molecule has 1 aromatic heterocycles. The first kappa shape index (κ1) is 9.21. The first-order valence-corrected chi connectivity index (χ1v) is 4.51.